The van der Waals surface area contributed by atoms with Crippen LogP contribution in [0.4, 0.5) is 0 Å². The first-order valence-corrected chi connectivity index (χ1v) is 6.14. The van der Waals surface area contributed by atoms with E-state index < -0.39 is 5.60 Å². The first kappa shape index (κ1) is 11.9. The molecule has 1 aliphatic rings. The molecule has 1 aromatic carbocycles. The molecule has 2 unspecified atom stereocenters. The highest BCUT2D eigenvalue weighted by Gasteiger charge is 2.34. The molecule has 0 aliphatic carbocycles. The van der Waals surface area contributed by atoms with E-state index in [-0.39, 0.29) is 5.92 Å². The Morgan fingerprint density at radius 3 is 2.94 bits per heavy atom. The molecule has 0 spiro atoms. The van der Waals surface area contributed by atoms with Gasteiger partial charge in [0.2, 0.25) is 0 Å². The van der Waals surface area contributed by atoms with Gasteiger partial charge in [-0.15, -0.1) is 0 Å². The van der Waals surface area contributed by atoms with Crippen LogP contribution >= 0.6 is 11.6 Å². The molecule has 0 saturated carbocycles. The largest absolute Gasteiger partial charge is 0.390 e. The van der Waals surface area contributed by atoms with Crippen molar-refractivity contribution in [2.24, 2.45) is 5.92 Å². The third-order valence-electron chi connectivity index (χ3n) is 3.50. The summed E-state index contributed by atoms with van der Waals surface area (Å²) in [6.07, 6.45) is 1.64. The van der Waals surface area contributed by atoms with E-state index in [2.05, 4.69) is 5.32 Å². The van der Waals surface area contributed by atoms with Crippen LogP contribution < -0.4 is 5.32 Å². The Balaban J connectivity index is 2.12. The Labute approximate surface area is 102 Å². The topological polar surface area (TPSA) is 32.3 Å². The molecule has 0 radical (unpaired) electrons. The number of hydrogen-bond acceptors (Lipinski definition) is 2. The van der Waals surface area contributed by atoms with Crippen LogP contribution in [0.2, 0.25) is 5.02 Å². The van der Waals surface area contributed by atoms with Gasteiger partial charge in [0, 0.05) is 17.5 Å². The monoisotopic (exact) mass is 239 g/mol. The van der Waals surface area contributed by atoms with Gasteiger partial charge in [0.1, 0.15) is 0 Å². The highest BCUT2D eigenvalue weighted by Crippen LogP contribution is 2.29. The molecule has 2 rings (SSSR count). The second-order valence-electron chi connectivity index (χ2n) is 4.80. The standard InChI is InChI=1S/C13H18ClNO/c1-13(16)6-7-15-9-11(13)8-10-4-2-3-5-12(10)14/h2-5,11,15-16H,6-9H2,1H3. The molecule has 0 aromatic heterocycles. The molecule has 0 amide bonds. The predicted octanol–water partition coefficient (Wildman–Crippen LogP) is 2.24. The maximum absolute atomic E-state index is 10.3. The van der Waals surface area contributed by atoms with E-state index in [1.807, 2.05) is 31.2 Å². The summed E-state index contributed by atoms with van der Waals surface area (Å²) in [5.74, 6) is 0.237. The fourth-order valence-electron chi connectivity index (χ4n) is 2.26. The van der Waals surface area contributed by atoms with Crippen molar-refractivity contribution in [1.82, 2.24) is 5.32 Å². The number of aliphatic hydroxyl groups is 1. The molecule has 1 aliphatic heterocycles. The Bertz CT molecular complexity index is 365. The predicted molar refractivity (Wildman–Crippen MR) is 66.8 cm³/mol. The minimum Gasteiger partial charge on any atom is -0.390 e. The lowest BCUT2D eigenvalue weighted by Gasteiger charge is -2.37. The van der Waals surface area contributed by atoms with Gasteiger partial charge in [0.05, 0.1) is 5.60 Å². The summed E-state index contributed by atoms with van der Waals surface area (Å²) in [6.45, 7) is 3.68. The second-order valence-corrected chi connectivity index (χ2v) is 5.21. The van der Waals surface area contributed by atoms with Gasteiger partial charge in [-0.2, -0.15) is 0 Å². The molecule has 2 atom stereocenters. The number of hydrogen-bond donors (Lipinski definition) is 2. The highest BCUT2D eigenvalue weighted by atomic mass is 35.5. The molecule has 16 heavy (non-hydrogen) atoms. The summed E-state index contributed by atoms with van der Waals surface area (Å²) < 4.78 is 0. The molecule has 0 bridgehead atoms. The van der Waals surface area contributed by atoms with Crippen LogP contribution in [-0.2, 0) is 6.42 Å². The molecule has 1 aromatic rings. The maximum atomic E-state index is 10.3. The molecule has 3 heteroatoms. The van der Waals surface area contributed by atoms with Crippen molar-refractivity contribution in [2.45, 2.75) is 25.4 Å². The lowest BCUT2D eigenvalue weighted by Crippen LogP contribution is -2.49. The van der Waals surface area contributed by atoms with E-state index in [1.165, 1.54) is 0 Å². The molecule has 1 fully saturated rings. The third kappa shape index (κ3) is 2.57. The Kier molecular flexibility index (Phi) is 3.53. The van der Waals surface area contributed by atoms with Crippen LogP contribution in [0.15, 0.2) is 24.3 Å². The molecule has 1 saturated heterocycles. The minimum atomic E-state index is -0.579. The molecule has 88 valence electrons. The fourth-order valence-corrected chi connectivity index (χ4v) is 2.48. The molecule has 2 N–H and O–H groups in total. The smallest absolute Gasteiger partial charge is 0.0675 e. The number of piperidine rings is 1. The van der Waals surface area contributed by atoms with E-state index in [0.717, 1.165) is 36.5 Å². The Hall–Kier alpha value is -0.570. The fraction of sp³-hybridized carbons (Fsp3) is 0.538. The Morgan fingerprint density at radius 1 is 1.50 bits per heavy atom. The molecular weight excluding hydrogens is 222 g/mol. The number of benzene rings is 1. The van der Waals surface area contributed by atoms with Gasteiger partial charge in [-0.05, 0) is 37.9 Å². The zero-order chi connectivity index (χ0) is 11.6. The van der Waals surface area contributed by atoms with Gasteiger partial charge in [0.25, 0.3) is 0 Å². The van der Waals surface area contributed by atoms with Gasteiger partial charge in [-0.3, -0.25) is 0 Å². The summed E-state index contributed by atoms with van der Waals surface area (Å²) >= 11 is 6.13. The summed E-state index contributed by atoms with van der Waals surface area (Å²) in [5.41, 5.74) is 0.544. The van der Waals surface area contributed by atoms with Gasteiger partial charge in [0.15, 0.2) is 0 Å². The van der Waals surface area contributed by atoms with E-state index in [1.54, 1.807) is 0 Å². The third-order valence-corrected chi connectivity index (χ3v) is 3.87. The zero-order valence-corrected chi connectivity index (χ0v) is 10.3. The van der Waals surface area contributed by atoms with Crippen LogP contribution in [-0.4, -0.2) is 23.8 Å². The Morgan fingerprint density at radius 2 is 2.25 bits per heavy atom. The van der Waals surface area contributed by atoms with Crippen molar-refractivity contribution in [1.29, 1.82) is 0 Å². The molecule has 1 heterocycles. The summed E-state index contributed by atoms with van der Waals surface area (Å²) in [4.78, 5) is 0. The number of rotatable bonds is 2. The SMILES string of the molecule is CC1(O)CCNCC1Cc1ccccc1Cl. The average molecular weight is 240 g/mol. The van der Waals surface area contributed by atoms with Crippen molar-refractivity contribution in [2.75, 3.05) is 13.1 Å². The minimum absolute atomic E-state index is 0.237. The summed E-state index contributed by atoms with van der Waals surface area (Å²) in [6, 6.07) is 7.87. The lowest BCUT2D eigenvalue weighted by atomic mass is 9.79. The first-order chi connectivity index (χ1) is 7.59. The molecule has 2 nitrogen and oxygen atoms in total. The van der Waals surface area contributed by atoms with Crippen molar-refractivity contribution >= 4 is 11.6 Å². The second kappa shape index (κ2) is 4.74. The van der Waals surface area contributed by atoms with Gasteiger partial charge in [-0.1, -0.05) is 29.8 Å². The number of halogens is 1. The van der Waals surface area contributed by atoms with Crippen molar-refractivity contribution in [3.63, 3.8) is 0 Å². The van der Waals surface area contributed by atoms with Crippen LogP contribution in [0.5, 0.6) is 0 Å². The van der Waals surface area contributed by atoms with E-state index in [0.29, 0.717) is 0 Å². The summed E-state index contributed by atoms with van der Waals surface area (Å²) in [5, 5.41) is 14.4. The van der Waals surface area contributed by atoms with Crippen molar-refractivity contribution in [3.8, 4) is 0 Å². The van der Waals surface area contributed by atoms with Crippen LogP contribution in [0, 0.1) is 5.92 Å². The highest BCUT2D eigenvalue weighted by molar-refractivity contribution is 6.31. The van der Waals surface area contributed by atoms with Crippen molar-refractivity contribution < 1.29 is 5.11 Å². The van der Waals surface area contributed by atoms with Crippen molar-refractivity contribution in [3.05, 3.63) is 34.9 Å². The van der Waals surface area contributed by atoms with E-state index >= 15 is 0 Å². The van der Waals surface area contributed by atoms with Gasteiger partial charge in [-0.25, -0.2) is 0 Å². The lowest BCUT2D eigenvalue weighted by molar-refractivity contribution is -0.0234. The van der Waals surface area contributed by atoms with E-state index in [9.17, 15) is 5.11 Å². The normalized spacial score (nSPS) is 30.3. The molecular formula is C13H18ClNO. The first-order valence-electron chi connectivity index (χ1n) is 5.76. The van der Waals surface area contributed by atoms with Crippen LogP contribution in [0.25, 0.3) is 0 Å². The zero-order valence-electron chi connectivity index (χ0n) is 9.54. The van der Waals surface area contributed by atoms with E-state index in [4.69, 9.17) is 11.6 Å². The average Bonchev–Trinajstić information content (AvgIpc) is 2.24. The van der Waals surface area contributed by atoms with Gasteiger partial charge >= 0.3 is 0 Å². The van der Waals surface area contributed by atoms with Crippen LogP contribution in [0.3, 0.4) is 0 Å². The quantitative estimate of drug-likeness (QED) is 0.830. The van der Waals surface area contributed by atoms with Gasteiger partial charge < -0.3 is 10.4 Å². The maximum Gasteiger partial charge on any atom is 0.0675 e. The summed E-state index contributed by atoms with van der Waals surface area (Å²) in [7, 11) is 0. The van der Waals surface area contributed by atoms with Crippen LogP contribution in [0.1, 0.15) is 18.9 Å². The number of nitrogens with one attached hydrogen (secondary N) is 1.